The summed E-state index contributed by atoms with van der Waals surface area (Å²) in [6.07, 6.45) is 0. The molecule has 0 fully saturated rings. The Morgan fingerprint density at radius 2 is 2.00 bits per heavy atom. The lowest BCUT2D eigenvalue weighted by Crippen LogP contribution is -2.26. The van der Waals surface area contributed by atoms with E-state index < -0.39 is 0 Å². The van der Waals surface area contributed by atoms with Gasteiger partial charge in [0.25, 0.3) is 11.5 Å². The summed E-state index contributed by atoms with van der Waals surface area (Å²) in [4.78, 5) is 33.1. The number of ether oxygens (including phenoxy) is 2. The molecule has 8 heteroatoms. The van der Waals surface area contributed by atoms with Crippen LogP contribution in [0.4, 0.5) is 0 Å². The van der Waals surface area contributed by atoms with Crippen molar-refractivity contribution in [2.75, 3.05) is 13.2 Å². The zero-order chi connectivity index (χ0) is 19.1. The predicted octanol–water partition coefficient (Wildman–Crippen LogP) is 2.86. The maximum atomic E-state index is 12.8. The Morgan fingerprint density at radius 1 is 1.26 bits per heavy atom. The topological polar surface area (TPSA) is 93.3 Å². The molecule has 27 heavy (non-hydrogen) atoms. The van der Waals surface area contributed by atoms with Crippen LogP contribution < -0.4 is 20.3 Å². The molecule has 3 heterocycles. The van der Waals surface area contributed by atoms with Crippen molar-refractivity contribution in [1.29, 1.82) is 0 Å². The third kappa shape index (κ3) is 3.16. The normalized spacial score (nSPS) is 14.2. The molecular weight excluding hydrogens is 366 g/mol. The fraction of sp³-hybridized carbons (Fsp3) is 0.316. The quantitative estimate of drug-likeness (QED) is 0.723. The van der Waals surface area contributed by atoms with Crippen molar-refractivity contribution in [1.82, 2.24) is 15.3 Å². The van der Waals surface area contributed by atoms with E-state index in [9.17, 15) is 9.59 Å². The SMILES string of the molecule is Cc1nc2sc(C(=O)N[C@H](C)c3ccc4c(c3)OCCO4)c(C)c2c(=O)[nH]1. The van der Waals surface area contributed by atoms with Crippen molar-refractivity contribution in [3.63, 3.8) is 0 Å². The largest absolute Gasteiger partial charge is 0.486 e. The fourth-order valence-electron chi connectivity index (χ4n) is 3.14. The number of nitrogens with zero attached hydrogens (tertiary/aromatic N) is 1. The summed E-state index contributed by atoms with van der Waals surface area (Å²) in [5.74, 6) is 1.70. The first kappa shape index (κ1) is 17.5. The third-order valence-electron chi connectivity index (χ3n) is 4.54. The van der Waals surface area contributed by atoms with Crippen LogP contribution in [0.3, 0.4) is 0 Å². The van der Waals surface area contributed by atoms with E-state index >= 15 is 0 Å². The smallest absolute Gasteiger partial charge is 0.262 e. The zero-order valence-electron chi connectivity index (χ0n) is 15.2. The van der Waals surface area contributed by atoms with Gasteiger partial charge in [0.2, 0.25) is 0 Å². The van der Waals surface area contributed by atoms with Crippen molar-refractivity contribution >= 4 is 27.5 Å². The average Bonchev–Trinajstić information content (AvgIpc) is 2.97. The summed E-state index contributed by atoms with van der Waals surface area (Å²) in [5, 5.41) is 3.46. The van der Waals surface area contributed by atoms with E-state index in [-0.39, 0.29) is 17.5 Å². The number of H-pyrrole nitrogens is 1. The number of nitrogens with one attached hydrogen (secondary N) is 2. The fourth-order valence-corrected chi connectivity index (χ4v) is 4.27. The van der Waals surface area contributed by atoms with Gasteiger partial charge >= 0.3 is 0 Å². The molecule has 140 valence electrons. The molecule has 2 aromatic heterocycles. The lowest BCUT2D eigenvalue weighted by molar-refractivity contribution is 0.0943. The van der Waals surface area contributed by atoms with Gasteiger partial charge in [0.1, 0.15) is 23.9 Å². The van der Waals surface area contributed by atoms with E-state index in [1.807, 2.05) is 25.1 Å². The van der Waals surface area contributed by atoms with Gasteiger partial charge in [-0.1, -0.05) is 6.07 Å². The van der Waals surface area contributed by atoms with Crippen LogP contribution in [0.2, 0.25) is 0 Å². The van der Waals surface area contributed by atoms with E-state index in [0.717, 1.165) is 5.56 Å². The van der Waals surface area contributed by atoms with Crippen LogP contribution in [-0.2, 0) is 0 Å². The van der Waals surface area contributed by atoms with Gasteiger partial charge < -0.3 is 19.8 Å². The Bertz CT molecular complexity index is 1100. The second-order valence-electron chi connectivity index (χ2n) is 6.49. The van der Waals surface area contributed by atoms with Gasteiger partial charge in [-0.05, 0) is 44.0 Å². The van der Waals surface area contributed by atoms with E-state index in [2.05, 4.69) is 15.3 Å². The number of carbonyl (C=O) groups excluding carboxylic acids is 1. The molecule has 0 bridgehead atoms. The number of aromatic amines is 1. The van der Waals surface area contributed by atoms with Crippen LogP contribution in [0.25, 0.3) is 10.2 Å². The lowest BCUT2D eigenvalue weighted by atomic mass is 10.1. The van der Waals surface area contributed by atoms with Crippen molar-refractivity contribution in [2.24, 2.45) is 0 Å². The number of carbonyl (C=O) groups is 1. The molecular formula is C19H19N3O4S. The third-order valence-corrected chi connectivity index (χ3v) is 5.72. The molecule has 0 saturated carbocycles. The van der Waals surface area contributed by atoms with E-state index in [1.165, 1.54) is 11.3 Å². The number of fused-ring (bicyclic) bond motifs is 2. The molecule has 0 radical (unpaired) electrons. The summed E-state index contributed by atoms with van der Waals surface area (Å²) in [5.41, 5.74) is 1.35. The van der Waals surface area contributed by atoms with Crippen molar-refractivity contribution in [3.8, 4) is 11.5 Å². The number of amides is 1. The number of aromatic nitrogens is 2. The van der Waals surface area contributed by atoms with E-state index in [1.54, 1.807) is 13.8 Å². The number of thiophene rings is 1. The number of aryl methyl sites for hydroxylation is 2. The zero-order valence-corrected chi connectivity index (χ0v) is 16.0. The second-order valence-corrected chi connectivity index (χ2v) is 7.48. The highest BCUT2D eigenvalue weighted by atomic mass is 32.1. The lowest BCUT2D eigenvalue weighted by Gasteiger charge is -2.21. The minimum Gasteiger partial charge on any atom is -0.486 e. The summed E-state index contributed by atoms with van der Waals surface area (Å²) in [6, 6.07) is 5.41. The van der Waals surface area contributed by atoms with Crippen LogP contribution in [0, 0.1) is 13.8 Å². The molecule has 0 saturated heterocycles. The van der Waals surface area contributed by atoms with Crippen LogP contribution in [-0.4, -0.2) is 29.1 Å². The van der Waals surface area contributed by atoms with Gasteiger partial charge in [0.15, 0.2) is 11.5 Å². The van der Waals surface area contributed by atoms with Gasteiger partial charge in [0, 0.05) is 0 Å². The number of rotatable bonds is 3. The molecule has 0 spiro atoms. The van der Waals surface area contributed by atoms with Crippen molar-refractivity contribution < 1.29 is 14.3 Å². The van der Waals surface area contributed by atoms with Gasteiger partial charge in [-0.2, -0.15) is 0 Å². The number of hydrogen-bond acceptors (Lipinski definition) is 6. The van der Waals surface area contributed by atoms with Crippen LogP contribution in [0.5, 0.6) is 11.5 Å². The molecule has 1 aromatic carbocycles. The first-order valence-corrected chi connectivity index (χ1v) is 9.46. The molecule has 7 nitrogen and oxygen atoms in total. The minimum absolute atomic E-state index is 0.217. The average molecular weight is 385 g/mol. The molecule has 2 N–H and O–H groups in total. The molecule has 1 atom stereocenters. The van der Waals surface area contributed by atoms with E-state index in [4.69, 9.17) is 9.47 Å². The molecule has 0 aliphatic carbocycles. The monoisotopic (exact) mass is 385 g/mol. The predicted molar refractivity (Wildman–Crippen MR) is 103 cm³/mol. The van der Waals surface area contributed by atoms with Gasteiger partial charge in [-0.25, -0.2) is 4.98 Å². The van der Waals surface area contributed by atoms with Crippen molar-refractivity contribution in [3.05, 3.63) is 50.4 Å². The molecule has 1 aliphatic rings. The Morgan fingerprint density at radius 3 is 2.78 bits per heavy atom. The highest BCUT2D eigenvalue weighted by Gasteiger charge is 2.21. The molecule has 4 rings (SSSR count). The standard InChI is InChI=1S/C19H19N3O4S/c1-9-15-17(23)21-11(3)22-19(15)27-16(9)18(24)20-10(2)12-4-5-13-14(8-12)26-7-6-25-13/h4-5,8,10H,6-7H2,1-3H3,(H,20,24)(H,21,22,23)/t10-/m1/s1. The highest BCUT2D eigenvalue weighted by Crippen LogP contribution is 2.33. The summed E-state index contributed by atoms with van der Waals surface area (Å²) < 4.78 is 11.1. The van der Waals surface area contributed by atoms with Gasteiger partial charge in [-0.3, -0.25) is 9.59 Å². The summed E-state index contributed by atoms with van der Waals surface area (Å²) in [7, 11) is 0. The molecule has 1 aliphatic heterocycles. The second kappa shape index (κ2) is 6.70. The number of hydrogen-bond donors (Lipinski definition) is 2. The van der Waals surface area contributed by atoms with Crippen LogP contribution >= 0.6 is 11.3 Å². The van der Waals surface area contributed by atoms with Gasteiger partial charge in [-0.15, -0.1) is 11.3 Å². The first-order valence-electron chi connectivity index (χ1n) is 8.64. The highest BCUT2D eigenvalue weighted by molar-refractivity contribution is 7.20. The first-order chi connectivity index (χ1) is 12.9. The molecule has 3 aromatic rings. The Balaban J connectivity index is 1.60. The minimum atomic E-state index is -0.231. The maximum Gasteiger partial charge on any atom is 0.262 e. The Labute approximate surface area is 159 Å². The molecule has 1 amide bonds. The van der Waals surface area contributed by atoms with Crippen LogP contribution in [0.15, 0.2) is 23.0 Å². The molecule has 0 unspecified atom stereocenters. The maximum absolute atomic E-state index is 12.8. The van der Waals surface area contributed by atoms with Crippen molar-refractivity contribution in [2.45, 2.75) is 26.8 Å². The number of benzene rings is 1. The summed E-state index contributed by atoms with van der Waals surface area (Å²) >= 11 is 1.23. The van der Waals surface area contributed by atoms with E-state index in [0.29, 0.717) is 51.2 Å². The Hall–Kier alpha value is -2.87. The Kier molecular flexibility index (Phi) is 4.35. The van der Waals surface area contributed by atoms with Gasteiger partial charge in [0.05, 0.1) is 16.3 Å². The van der Waals surface area contributed by atoms with Crippen LogP contribution in [0.1, 0.15) is 39.6 Å². The summed E-state index contributed by atoms with van der Waals surface area (Å²) in [6.45, 7) is 6.45.